The molecule has 1 aliphatic heterocycles. The van der Waals surface area contributed by atoms with Gasteiger partial charge < -0.3 is 10.0 Å². The van der Waals surface area contributed by atoms with Gasteiger partial charge in [0, 0.05) is 12.2 Å². The first-order valence-corrected chi connectivity index (χ1v) is 7.32. The molecule has 1 heterocycles. The van der Waals surface area contributed by atoms with E-state index in [1.165, 1.54) is 0 Å². The molecule has 102 valence electrons. The summed E-state index contributed by atoms with van der Waals surface area (Å²) in [5.74, 6) is -0.360. The number of thioether (sulfide) groups is 1. The van der Waals surface area contributed by atoms with E-state index in [4.69, 9.17) is 5.11 Å². The highest BCUT2D eigenvalue weighted by atomic mass is 32.2. The van der Waals surface area contributed by atoms with Gasteiger partial charge in [-0.15, -0.1) is 11.8 Å². The van der Waals surface area contributed by atoms with Gasteiger partial charge in [0.1, 0.15) is 0 Å². The standard InChI is InChI=1S/C14H17NO3S/c1-9(2)19-8-13(16)15-6-5-10-7-11(14(17)18)3-4-12(10)15/h3-4,7,9H,5-6,8H2,1-2H3,(H,17,18). The third kappa shape index (κ3) is 3.10. The van der Waals surface area contributed by atoms with Crippen LogP contribution in [0.2, 0.25) is 0 Å². The molecule has 0 saturated heterocycles. The molecule has 0 bridgehead atoms. The molecule has 4 nitrogen and oxygen atoms in total. The summed E-state index contributed by atoms with van der Waals surface area (Å²) < 4.78 is 0. The number of carboxylic acids is 1. The van der Waals surface area contributed by atoms with E-state index < -0.39 is 5.97 Å². The van der Waals surface area contributed by atoms with Gasteiger partial charge in [-0.3, -0.25) is 4.79 Å². The Labute approximate surface area is 116 Å². The number of hydrogen-bond acceptors (Lipinski definition) is 3. The maximum absolute atomic E-state index is 12.1. The second-order valence-corrected chi connectivity index (χ2v) is 6.37. The lowest BCUT2D eigenvalue weighted by molar-refractivity contribution is -0.116. The van der Waals surface area contributed by atoms with Crippen molar-refractivity contribution in [1.82, 2.24) is 0 Å². The predicted octanol–water partition coefficient (Wildman–Crippen LogP) is 2.42. The molecule has 0 aromatic heterocycles. The molecule has 19 heavy (non-hydrogen) atoms. The molecule has 0 spiro atoms. The summed E-state index contributed by atoms with van der Waals surface area (Å²) >= 11 is 1.62. The van der Waals surface area contributed by atoms with E-state index in [1.54, 1.807) is 34.9 Å². The molecule has 0 atom stereocenters. The summed E-state index contributed by atoms with van der Waals surface area (Å²) in [6.07, 6.45) is 0.731. The quantitative estimate of drug-likeness (QED) is 0.919. The van der Waals surface area contributed by atoms with Crippen molar-refractivity contribution in [2.75, 3.05) is 17.2 Å². The number of rotatable bonds is 4. The van der Waals surface area contributed by atoms with Crippen LogP contribution in [0.3, 0.4) is 0 Å². The topological polar surface area (TPSA) is 57.6 Å². The molecule has 1 amide bonds. The molecule has 0 radical (unpaired) electrons. The van der Waals surface area contributed by atoms with Crippen molar-refractivity contribution in [2.24, 2.45) is 0 Å². The third-order valence-corrected chi connectivity index (χ3v) is 4.14. The van der Waals surface area contributed by atoms with Crippen LogP contribution in [0.4, 0.5) is 5.69 Å². The van der Waals surface area contributed by atoms with Crippen LogP contribution in [-0.2, 0) is 11.2 Å². The Morgan fingerprint density at radius 3 is 2.79 bits per heavy atom. The van der Waals surface area contributed by atoms with Gasteiger partial charge in [0.15, 0.2) is 0 Å². The Morgan fingerprint density at radius 1 is 1.42 bits per heavy atom. The monoisotopic (exact) mass is 279 g/mol. The molecule has 1 N–H and O–H groups in total. The number of carboxylic acid groups (broad SMARTS) is 1. The molecular formula is C14H17NO3S. The summed E-state index contributed by atoms with van der Waals surface area (Å²) in [6.45, 7) is 4.78. The molecule has 0 fully saturated rings. The fourth-order valence-corrected chi connectivity index (χ4v) is 2.74. The van der Waals surface area contributed by atoms with Gasteiger partial charge in [-0.2, -0.15) is 0 Å². The highest BCUT2D eigenvalue weighted by Crippen LogP contribution is 2.29. The number of fused-ring (bicyclic) bond motifs is 1. The first kappa shape index (κ1) is 13.9. The normalized spacial score (nSPS) is 13.7. The number of benzene rings is 1. The summed E-state index contributed by atoms with van der Waals surface area (Å²) in [5.41, 5.74) is 2.09. The van der Waals surface area contributed by atoms with Crippen molar-refractivity contribution in [2.45, 2.75) is 25.5 Å². The second-order valence-electron chi connectivity index (χ2n) is 4.80. The van der Waals surface area contributed by atoms with Gasteiger partial charge in [-0.1, -0.05) is 13.8 Å². The van der Waals surface area contributed by atoms with E-state index in [1.807, 2.05) is 0 Å². The Morgan fingerprint density at radius 2 is 2.16 bits per heavy atom. The highest BCUT2D eigenvalue weighted by Gasteiger charge is 2.25. The summed E-state index contributed by atoms with van der Waals surface area (Å²) in [7, 11) is 0. The lowest BCUT2D eigenvalue weighted by Gasteiger charge is -2.17. The fraction of sp³-hybridized carbons (Fsp3) is 0.429. The second kappa shape index (κ2) is 5.65. The number of nitrogens with zero attached hydrogens (tertiary/aromatic N) is 1. The minimum Gasteiger partial charge on any atom is -0.478 e. The maximum Gasteiger partial charge on any atom is 0.335 e. The molecule has 0 saturated carbocycles. The molecule has 1 aromatic carbocycles. The van der Waals surface area contributed by atoms with Crippen LogP contribution < -0.4 is 4.90 Å². The molecule has 1 aromatic rings. The van der Waals surface area contributed by atoms with Gasteiger partial charge >= 0.3 is 5.97 Å². The van der Waals surface area contributed by atoms with Crippen LogP contribution >= 0.6 is 11.8 Å². The zero-order valence-electron chi connectivity index (χ0n) is 11.0. The van der Waals surface area contributed by atoms with E-state index >= 15 is 0 Å². The molecular weight excluding hydrogens is 262 g/mol. The Kier molecular flexibility index (Phi) is 4.14. The summed E-state index contributed by atoms with van der Waals surface area (Å²) in [4.78, 5) is 24.8. The SMILES string of the molecule is CC(C)SCC(=O)N1CCc2cc(C(=O)O)ccc21. The molecule has 2 rings (SSSR count). The first-order valence-electron chi connectivity index (χ1n) is 6.27. The Bertz CT molecular complexity index is 513. The van der Waals surface area contributed by atoms with Crippen LogP contribution in [0, 0.1) is 0 Å². The first-order chi connectivity index (χ1) is 8.99. The van der Waals surface area contributed by atoms with E-state index in [2.05, 4.69) is 13.8 Å². The van der Waals surface area contributed by atoms with E-state index in [9.17, 15) is 9.59 Å². The van der Waals surface area contributed by atoms with Crippen LogP contribution in [-0.4, -0.2) is 34.5 Å². The number of aromatic carboxylic acids is 1. The molecule has 5 heteroatoms. The maximum atomic E-state index is 12.1. The van der Waals surface area contributed by atoms with Crippen molar-refractivity contribution in [3.63, 3.8) is 0 Å². The number of anilines is 1. The van der Waals surface area contributed by atoms with Gasteiger partial charge in [0.2, 0.25) is 5.91 Å². The van der Waals surface area contributed by atoms with Crippen molar-refractivity contribution >= 4 is 29.3 Å². The van der Waals surface area contributed by atoms with Crippen LogP contribution in [0.1, 0.15) is 29.8 Å². The van der Waals surface area contributed by atoms with Gasteiger partial charge in [0.05, 0.1) is 11.3 Å². The number of carbonyl (C=O) groups is 2. The van der Waals surface area contributed by atoms with Crippen molar-refractivity contribution in [3.8, 4) is 0 Å². The third-order valence-electron chi connectivity index (χ3n) is 3.06. The molecule has 1 aliphatic rings. The van der Waals surface area contributed by atoms with Crippen LogP contribution in [0.15, 0.2) is 18.2 Å². The zero-order chi connectivity index (χ0) is 14.0. The number of hydrogen-bond donors (Lipinski definition) is 1. The average molecular weight is 279 g/mol. The minimum absolute atomic E-state index is 0.0977. The van der Waals surface area contributed by atoms with Crippen molar-refractivity contribution < 1.29 is 14.7 Å². The fourth-order valence-electron chi connectivity index (χ4n) is 2.11. The lowest BCUT2D eigenvalue weighted by Crippen LogP contribution is -2.30. The zero-order valence-corrected chi connectivity index (χ0v) is 11.9. The smallest absolute Gasteiger partial charge is 0.335 e. The van der Waals surface area contributed by atoms with Crippen LogP contribution in [0.5, 0.6) is 0 Å². The van der Waals surface area contributed by atoms with E-state index in [0.29, 0.717) is 17.5 Å². The number of amides is 1. The van der Waals surface area contributed by atoms with Crippen molar-refractivity contribution in [3.05, 3.63) is 29.3 Å². The highest BCUT2D eigenvalue weighted by molar-refractivity contribution is 8.00. The Balaban J connectivity index is 2.13. The average Bonchev–Trinajstić information content (AvgIpc) is 2.78. The predicted molar refractivity (Wildman–Crippen MR) is 77.1 cm³/mol. The lowest BCUT2D eigenvalue weighted by atomic mass is 10.1. The van der Waals surface area contributed by atoms with Crippen LogP contribution in [0.25, 0.3) is 0 Å². The van der Waals surface area contributed by atoms with Gasteiger partial charge in [-0.25, -0.2) is 4.79 Å². The van der Waals surface area contributed by atoms with E-state index in [-0.39, 0.29) is 11.5 Å². The molecule has 0 aliphatic carbocycles. The van der Waals surface area contributed by atoms with E-state index in [0.717, 1.165) is 17.7 Å². The van der Waals surface area contributed by atoms with Gasteiger partial charge in [0.25, 0.3) is 0 Å². The molecule has 0 unspecified atom stereocenters. The number of carbonyl (C=O) groups excluding carboxylic acids is 1. The summed E-state index contributed by atoms with van der Waals surface area (Å²) in [5, 5.41) is 9.38. The van der Waals surface area contributed by atoms with Crippen molar-refractivity contribution in [1.29, 1.82) is 0 Å². The Hall–Kier alpha value is -1.49. The van der Waals surface area contributed by atoms with Gasteiger partial charge in [-0.05, 0) is 35.4 Å². The largest absolute Gasteiger partial charge is 0.478 e. The minimum atomic E-state index is -0.928. The summed E-state index contributed by atoms with van der Waals surface area (Å²) in [6, 6.07) is 4.96.